The highest BCUT2D eigenvalue weighted by Gasteiger charge is 2.14. The third-order valence-electron chi connectivity index (χ3n) is 2.33. The maximum Gasteiger partial charge on any atom is 0.00583 e. The third kappa shape index (κ3) is 1.18. The second-order valence-electron chi connectivity index (χ2n) is 3.16. The van der Waals surface area contributed by atoms with Gasteiger partial charge in [0, 0.05) is 5.92 Å². The van der Waals surface area contributed by atoms with E-state index in [9.17, 15) is 0 Å². The lowest BCUT2D eigenvalue weighted by atomic mass is 9.97. The third-order valence-corrected chi connectivity index (χ3v) is 2.33. The Hall–Kier alpha value is -1.04. The second kappa shape index (κ2) is 3.14. The fourth-order valence-electron chi connectivity index (χ4n) is 1.74. The molecule has 1 unspecified atom stereocenters. The monoisotopic (exact) mass is 157 g/mol. The van der Waals surface area contributed by atoms with Gasteiger partial charge in [0.25, 0.3) is 0 Å². The van der Waals surface area contributed by atoms with Crippen molar-refractivity contribution in [3.63, 3.8) is 0 Å². The van der Waals surface area contributed by atoms with Crippen molar-refractivity contribution in [1.82, 2.24) is 0 Å². The number of hydrogen-bond donors (Lipinski definition) is 0. The first-order chi connectivity index (χ1) is 5.92. The van der Waals surface area contributed by atoms with E-state index in [2.05, 4.69) is 49.8 Å². The summed E-state index contributed by atoms with van der Waals surface area (Å²) in [6, 6.07) is 8.60. The number of allylic oxidation sites excluding steroid dienone is 1. The molecule has 1 aromatic rings. The SMILES string of the molecule is CC[CH]C1C=Cc2ccccc21. The van der Waals surface area contributed by atoms with Gasteiger partial charge in [-0.25, -0.2) is 0 Å². The van der Waals surface area contributed by atoms with Crippen molar-refractivity contribution in [3.8, 4) is 0 Å². The Labute approximate surface area is 73.9 Å². The van der Waals surface area contributed by atoms with E-state index in [-0.39, 0.29) is 0 Å². The normalized spacial score (nSPS) is 19.6. The quantitative estimate of drug-likeness (QED) is 0.617. The Kier molecular flexibility index (Phi) is 1.99. The molecule has 0 aromatic heterocycles. The first-order valence-electron chi connectivity index (χ1n) is 4.52. The Morgan fingerprint density at radius 1 is 1.33 bits per heavy atom. The maximum absolute atomic E-state index is 2.35. The summed E-state index contributed by atoms with van der Waals surface area (Å²) in [4.78, 5) is 0. The van der Waals surface area contributed by atoms with Crippen LogP contribution in [-0.4, -0.2) is 0 Å². The summed E-state index contributed by atoms with van der Waals surface area (Å²) in [6.45, 7) is 2.19. The van der Waals surface area contributed by atoms with Crippen LogP contribution in [0.3, 0.4) is 0 Å². The van der Waals surface area contributed by atoms with Crippen LogP contribution in [-0.2, 0) is 0 Å². The lowest BCUT2D eigenvalue weighted by Crippen LogP contribution is -1.92. The van der Waals surface area contributed by atoms with Gasteiger partial charge in [-0.3, -0.25) is 0 Å². The van der Waals surface area contributed by atoms with Gasteiger partial charge >= 0.3 is 0 Å². The molecule has 0 spiro atoms. The van der Waals surface area contributed by atoms with Crippen molar-refractivity contribution >= 4 is 6.08 Å². The molecule has 12 heavy (non-hydrogen) atoms. The van der Waals surface area contributed by atoms with Crippen molar-refractivity contribution in [2.24, 2.45) is 0 Å². The molecule has 61 valence electrons. The minimum absolute atomic E-state index is 0.561. The van der Waals surface area contributed by atoms with Gasteiger partial charge in [-0.15, -0.1) is 0 Å². The van der Waals surface area contributed by atoms with E-state index < -0.39 is 0 Å². The summed E-state index contributed by atoms with van der Waals surface area (Å²) < 4.78 is 0. The molecule has 1 aromatic carbocycles. The standard InChI is InChI=1S/C12H13/c1-2-5-10-8-9-11-6-3-4-7-12(10)11/h3-10H,2H2,1H3. The zero-order valence-electron chi connectivity index (χ0n) is 7.33. The van der Waals surface area contributed by atoms with E-state index >= 15 is 0 Å². The van der Waals surface area contributed by atoms with E-state index in [4.69, 9.17) is 0 Å². The number of hydrogen-bond acceptors (Lipinski definition) is 0. The molecule has 0 amide bonds. The first-order valence-corrected chi connectivity index (χ1v) is 4.52. The molecule has 0 saturated carbocycles. The Morgan fingerprint density at radius 2 is 2.17 bits per heavy atom. The Bertz CT molecular complexity index is 297. The highest BCUT2D eigenvalue weighted by atomic mass is 14.2. The molecule has 1 aliphatic carbocycles. The number of fused-ring (bicyclic) bond motifs is 1. The molecule has 0 heterocycles. The van der Waals surface area contributed by atoms with E-state index in [1.165, 1.54) is 11.1 Å². The molecular formula is C12H13. The predicted octanol–water partition coefficient (Wildman–Crippen LogP) is 3.41. The van der Waals surface area contributed by atoms with Crippen molar-refractivity contribution < 1.29 is 0 Å². The van der Waals surface area contributed by atoms with Gasteiger partial charge < -0.3 is 0 Å². The highest BCUT2D eigenvalue weighted by Crippen LogP contribution is 2.32. The van der Waals surface area contributed by atoms with Gasteiger partial charge in [0.15, 0.2) is 0 Å². The van der Waals surface area contributed by atoms with Crippen LogP contribution in [0.15, 0.2) is 30.3 Å². The predicted molar refractivity (Wildman–Crippen MR) is 52.8 cm³/mol. The summed E-state index contributed by atoms with van der Waals surface area (Å²) in [6.07, 6.45) is 7.98. The van der Waals surface area contributed by atoms with Crippen molar-refractivity contribution in [3.05, 3.63) is 47.9 Å². The van der Waals surface area contributed by atoms with Crippen LogP contribution in [0.2, 0.25) is 0 Å². The van der Waals surface area contributed by atoms with E-state index in [1.54, 1.807) is 0 Å². The van der Waals surface area contributed by atoms with Crippen LogP contribution in [0.1, 0.15) is 30.4 Å². The summed E-state index contributed by atoms with van der Waals surface area (Å²) in [5.74, 6) is 0.561. The smallest absolute Gasteiger partial charge is 0.00583 e. The average molecular weight is 157 g/mol. The minimum atomic E-state index is 0.561. The maximum atomic E-state index is 2.35. The summed E-state index contributed by atoms with van der Waals surface area (Å²) in [5, 5.41) is 0. The van der Waals surface area contributed by atoms with Crippen LogP contribution in [0, 0.1) is 6.42 Å². The van der Waals surface area contributed by atoms with Crippen LogP contribution in [0.25, 0.3) is 6.08 Å². The largest absolute Gasteiger partial charge is 0.0761 e. The van der Waals surface area contributed by atoms with Gasteiger partial charge in [-0.2, -0.15) is 0 Å². The van der Waals surface area contributed by atoms with E-state index in [1.807, 2.05) is 0 Å². The first kappa shape index (κ1) is 7.60. The van der Waals surface area contributed by atoms with Gasteiger partial charge in [0.05, 0.1) is 0 Å². The van der Waals surface area contributed by atoms with Crippen molar-refractivity contribution in [2.75, 3.05) is 0 Å². The lowest BCUT2D eigenvalue weighted by Gasteiger charge is -2.07. The Balaban J connectivity index is 2.30. The highest BCUT2D eigenvalue weighted by molar-refractivity contribution is 5.63. The van der Waals surface area contributed by atoms with Gasteiger partial charge in [0.2, 0.25) is 0 Å². The lowest BCUT2D eigenvalue weighted by molar-refractivity contribution is 0.914. The molecule has 0 saturated heterocycles. The zero-order chi connectivity index (χ0) is 8.39. The summed E-state index contributed by atoms with van der Waals surface area (Å²) in [7, 11) is 0. The minimum Gasteiger partial charge on any atom is -0.0761 e. The number of benzene rings is 1. The molecule has 0 N–H and O–H groups in total. The summed E-state index contributed by atoms with van der Waals surface area (Å²) >= 11 is 0. The fourth-order valence-corrected chi connectivity index (χ4v) is 1.74. The molecule has 0 aliphatic heterocycles. The molecule has 1 radical (unpaired) electrons. The van der Waals surface area contributed by atoms with Crippen molar-refractivity contribution in [1.29, 1.82) is 0 Å². The van der Waals surface area contributed by atoms with Crippen LogP contribution in [0.5, 0.6) is 0 Å². The van der Waals surface area contributed by atoms with Gasteiger partial charge in [-0.1, -0.05) is 49.8 Å². The van der Waals surface area contributed by atoms with Crippen molar-refractivity contribution in [2.45, 2.75) is 19.3 Å². The molecule has 0 nitrogen and oxygen atoms in total. The van der Waals surface area contributed by atoms with Crippen LogP contribution >= 0.6 is 0 Å². The molecule has 2 rings (SSSR count). The topological polar surface area (TPSA) is 0 Å². The second-order valence-corrected chi connectivity index (χ2v) is 3.16. The average Bonchev–Trinajstić information content (AvgIpc) is 2.50. The number of rotatable bonds is 2. The van der Waals surface area contributed by atoms with E-state index in [0.29, 0.717) is 5.92 Å². The summed E-state index contributed by atoms with van der Waals surface area (Å²) in [5.41, 5.74) is 2.84. The Morgan fingerprint density at radius 3 is 3.00 bits per heavy atom. The zero-order valence-corrected chi connectivity index (χ0v) is 7.33. The van der Waals surface area contributed by atoms with E-state index in [0.717, 1.165) is 6.42 Å². The van der Waals surface area contributed by atoms with Gasteiger partial charge in [0.1, 0.15) is 0 Å². The molecule has 0 bridgehead atoms. The molecule has 0 heteroatoms. The molecule has 0 fully saturated rings. The fraction of sp³-hybridized carbons (Fsp3) is 0.250. The van der Waals surface area contributed by atoms with Crippen LogP contribution in [0.4, 0.5) is 0 Å². The van der Waals surface area contributed by atoms with Gasteiger partial charge in [-0.05, 0) is 17.5 Å². The molecule has 1 atom stereocenters. The molecular weight excluding hydrogens is 144 g/mol. The molecule has 1 aliphatic rings. The van der Waals surface area contributed by atoms with Crippen LogP contribution < -0.4 is 0 Å².